The van der Waals surface area contributed by atoms with Crippen LogP contribution in [-0.4, -0.2) is 27.6 Å². The predicted octanol–water partition coefficient (Wildman–Crippen LogP) is 3.13. The van der Waals surface area contributed by atoms with Crippen LogP contribution in [0.1, 0.15) is 44.7 Å². The average Bonchev–Trinajstić information content (AvgIpc) is 2.67. The van der Waals surface area contributed by atoms with Crippen LogP contribution >= 0.6 is 11.8 Å². The molecular weight excluding hydrogens is 242 g/mol. The summed E-state index contributed by atoms with van der Waals surface area (Å²) >= 11 is 1.92. The molecule has 1 saturated carbocycles. The van der Waals surface area contributed by atoms with Crippen LogP contribution in [-0.2, 0) is 7.05 Å². The lowest BCUT2D eigenvalue weighted by molar-refractivity contribution is 0.375. The van der Waals surface area contributed by atoms with Crippen molar-refractivity contribution in [3.63, 3.8) is 0 Å². The van der Waals surface area contributed by atoms with Gasteiger partial charge in [-0.05, 0) is 25.8 Å². The maximum absolute atomic E-state index is 4.39. The van der Waals surface area contributed by atoms with Gasteiger partial charge >= 0.3 is 0 Å². The number of aryl methyl sites for hydroxylation is 2. The van der Waals surface area contributed by atoms with Gasteiger partial charge in [0.2, 0.25) is 0 Å². The number of hydrogen-bond donors (Lipinski definition) is 1. The zero-order chi connectivity index (χ0) is 13.0. The molecule has 0 amide bonds. The molecule has 3 nitrogen and oxygen atoms in total. The van der Waals surface area contributed by atoms with Crippen molar-refractivity contribution >= 4 is 11.8 Å². The summed E-state index contributed by atoms with van der Waals surface area (Å²) in [7, 11) is 2.02. The molecule has 4 heteroatoms. The molecule has 1 aliphatic rings. The maximum Gasteiger partial charge on any atom is 0.0942 e. The number of aromatic nitrogens is 2. The minimum absolute atomic E-state index is 0.599. The zero-order valence-electron chi connectivity index (χ0n) is 11.8. The van der Waals surface area contributed by atoms with Crippen LogP contribution in [0, 0.1) is 6.92 Å². The van der Waals surface area contributed by atoms with Gasteiger partial charge in [-0.25, -0.2) is 0 Å². The zero-order valence-corrected chi connectivity index (χ0v) is 12.6. The first-order valence-corrected chi connectivity index (χ1v) is 7.94. The van der Waals surface area contributed by atoms with Crippen molar-refractivity contribution < 1.29 is 0 Å². The second-order valence-corrected chi connectivity index (χ2v) is 6.88. The Bertz CT molecular complexity index is 369. The fourth-order valence-corrected chi connectivity index (χ4v) is 3.61. The van der Waals surface area contributed by atoms with Crippen LogP contribution in [0.4, 0.5) is 0 Å². The summed E-state index contributed by atoms with van der Waals surface area (Å²) < 4.78 is 1.98. The lowest BCUT2D eigenvalue weighted by Crippen LogP contribution is -2.35. The van der Waals surface area contributed by atoms with Crippen LogP contribution in [0.25, 0.3) is 0 Å². The van der Waals surface area contributed by atoms with E-state index in [9.17, 15) is 0 Å². The standard InChI is InChI=1S/C14H25N3S/c1-11-9-14(17(3)16-11)18-12(2)10-15-13-7-5-4-6-8-13/h9,12-13,15H,4-8,10H2,1-3H3. The Morgan fingerprint density at radius 2 is 2.17 bits per heavy atom. The van der Waals surface area contributed by atoms with E-state index in [0.717, 1.165) is 18.3 Å². The molecule has 0 saturated heterocycles. The number of nitrogens with zero attached hydrogens (tertiary/aromatic N) is 2. The second-order valence-electron chi connectivity index (χ2n) is 5.42. The van der Waals surface area contributed by atoms with Crippen LogP contribution in [0.3, 0.4) is 0 Å². The summed E-state index contributed by atoms with van der Waals surface area (Å²) in [6.45, 7) is 5.44. The lowest BCUT2D eigenvalue weighted by Gasteiger charge is -2.24. The van der Waals surface area contributed by atoms with Gasteiger partial charge in [0, 0.05) is 24.9 Å². The summed E-state index contributed by atoms with van der Waals surface area (Å²) in [6.07, 6.45) is 6.96. The van der Waals surface area contributed by atoms with E-state index in [1.54, 1.807) is 0 Å². The van der Waals surface area contributed by atoms with E-state index in [4.69, 9.17) is 0 Å². The van der Waals surface area contributed by atoms with Gasteiger partial charge in [-0.3, -0.25) is 4.68 Å². The van der Waals surface area contributed by atoms with E-state index >= 15 is 0 Å². The van der Waals surface area contributed by atoms with Crippen molar-refractivity contribution in [1.82, 2.24) is 15.1 Å². The van der Waals surface area contributed by atoms with Gasteiger partial charge in [-0.1, -0.05) is 26.2 Å². The van der Waals surface area contributed by atoms with Gasteiger partial charge in [0.25, 0.3) is 0 Å². The number of nitrogens with one attached hydrogen (secondary N) is 1. The Morgan fingerprint density at radius 3 is 2.78 bits per heavy atom. The van der Waals surface area contributed by atoms with Crippen LogP contribution in [0.2, 0.25) is 0 Å². The summed E-state index contributed by atoms with van der Waals surface area (Å²) in [5.41, 5.74) is 1.10. The number of rotatable bonds is 5. The first-order valence-electron chi connectivity index (χ1n) is 7.06. The van der Waals surface area contributed by atoms with Gasteiger partial charge in [-0.15, -0.1) is 11.8 Å². The second kappa shape index (κ2) is 6.62. The Hall–Kier alpha value is -0.480. The van der Waals surface area contributed by atoms with Crippen molar-refractivity contribution in [3.05, 3.63) is 11.8 Å². The summed E-state index contributed by atoms with van der Waals surface area (Å²) in [4.78, 5) is 0. The summed E-state index contributed by atoms with van der Waals surface area (Å²) in [5.74, 6) is 0. The van der Waals surface area contributed by atoms with Gasteiger partial charge in [0.1, 0.15) is 0 Å². The molecule has 1 aromatic rings. The summed E-state index contributed by atoms with van der Waals surface area (Å²) in [6, 6.07) is 2.93. The van der Waals surface area contributed by atoms with Crippen LogP contribution in [0.5, 0.6) is 0 Å². The van der Waals surface area contributed by atoms with Crippen molar-refractivity contribution in [2.45, 2.75) is 62.3 Å². The van der Waals surface area contributed by atoms with Gasteiger partial charge < -0.3 is 5.32 Å². The van der Waals surface area contributed by atoms with E-state index in [1.807, 2.05) is 23.5 Å². The fourth-order valence-electron chi connectivity index (χ4n) is 2.58. The maximum atomic E-state index is 4.39. The van der Waals surface area contributed by atoms with E-state index < -0.39 is 0 Å². The molecule has 1 unspecified atom stereocenters. The van der Waals surface area contributed by atoms with Crippen LogP contribution < -0.4 is 5.32 Å². The molecule has 0 bridgehead atoms. The third-order valence-electron chi connectivity index (χ3n) is 3.58. The minimum Gasteiger partial charge on any atom is -0.313 e. The molecule has 0 aliphatic heterocycles. The molecule has 0 aromatic carbocycles. The normalized spacial score (nSPS) is 19.1. The highest BCUT2D eigenvalue weighted by Gasteiger charge is 2.15. The van der Waals surface area contributed by atoms with Crippen LogP contribution in [0.15, 0.2) is 11.1 Å². The number of thioether (sulfide) groups is 1. The average molecular weight is 267 g/mol. The molecule has 2 rings (SSSR count). The molecule has 1 heterocycles. The molecule has 0 radical (unpaired) electrons. The number of hydrogen-bond acceptors (Lipinski definition) is 3. The molecule has 0 spiro atoms. The molecule has 1 aromatic heterocycles. The SMILES string of the molecule is Cc1cc(SC(C)CNC2CCCCC2)n(C)n1. The van der Waals surface area contributed by atoms with Crippen molar-refractivity contribution in [3.8, 4) is 0 Å². The molecule has 1 N–H and O–H groups in total. The predicted molar refractivity (Wildman–Crippen MR) is 78.1 cm³/mol. The van der Waals surface area contributed by atoms with Crippen molar-refractivity contribution in [1.29, 1.82) is 0 Å². The molecule has 102 valence electrons. The van der Waals surface area contributed by atoms with Crippen molar-refractivity contribution in [2.75, 3.05) is 6.54 Å². The van der Waals surface area contributed by atoms with E-state index in [0.29, 0.717) is 5.25 Å². The van der Waals surface area contributed by atoms with Gasteiger partial charge in [-0.2, -0.15) is 5.10 Å². The Morgan fingerprint density at radius 1 is 1.44 bits per heavy atom. The Labute approximate surface area is 115 Å². The van der Waals surface area contributed by atoms with E-state index in [1.165, 1.54) is 37.1 Å². The molecule has 1 fully saturated rings. The first kappa shape index (κ1) is 13.9. The molecule has 1 aliphatic carbocycles. The van der Waals surface area contributed by atoms with E-state index in [2.05, 4.69) is 30.3 Å². The Balaban J connectivity index is 1.74. The monoisotopic (exact) mass is 267 g/mol. The van der Waals surface area contributed by atoms with Gasteiger partial charge in [0.15, 0.2) is 0 Å². The molecular formula is C14H25N3S. The molecule has 18 heavy (non-hydrogen) atoms. The minimum atomic E-state index is 0.599. The highest BCUT2D eigenvalue weighted by Crippen LogP contribution is 2.24. The topological polar surface area (TPSA) is 29.9 Å². The summed E-state index contributed by atoms with van der Waals surface area (Å²) in [5, 5.41) is 9.97. The fraction of sp³-hybridized carbons (Fsp3) is 0.786. The third-order valence-corrected chi connectivity index (χ3v) is 4.77. The smallest absolute Gasteiger partial charge is 0.0942 e. The molecule has 1 atom stereocenters. The highest BCUT2D eigenvalue weighted by atomic mass is 32.2. The first-order chi connectivity index (χ1) is 8.65. The highest BCUT2D eigenvalue weighted by molar-refractivity contribution is 7.99. The Kier molecular flexibility index (Phi) is 5.13. The van der Waals surface area contributed by atoms with Crippen molar-refractivity contribution in [2.24, 2.45) is 7.05 Å². The quantitative estimate of drug-likeness (QED) is 0.831. The lowest BCUT2D eigenvalue weighted by atomic mass is 9.95. The third kappa shape index (κ3) is 4.02. The van der Waals surface area contributed by atoms with Gasteiger partial charge in [0.05, 0.1) is 10.7 Å². The largest absolute Gasteiger partial charge is 0.313 e. The van der Waals surface area contributed by atoms with E-state index in [-0.39, 0.29) is 0 Å².